The largest absolute Gasteiger partial charge is 0.506 e. The molecule has 0 spiro atoms. The third kappa shape index (κ3) is 2.88. The second-order valence-corrected chi connectivity index (χ2v) is 4.59. The summed E-state index contributed by atoms with van der Waals surface area (Å²) in [6.07, 6.45) is 0. The fraction of sp³-hybridized carbons (Fsp3) is 0.417. The van der Waals surface area contributed by atoms with Gasteiger partial charge in [0.25, 0.3) is 0 Å². The number of anilines is 1. The number of phenols is 1. The molecule has 0 saturated carbocycles. The van der Waals surface area contributed by atoms with Crippen molar-refractivity contribution in [2.45, 2.75) is 26.8 Å². The van der Waals surface area contributed by atoms with Gasteiger partial charge in [0.15, 0.2) is 0 Å². The van der Waals surface area contributed by atoms with Crippen LogP contribution in [0.3, 0.4) is 0 Å². The first-order chi connectivity index (χ1) is 6.95. The Morgan fingerprint density at radius 3 is 2.40 bits per heavy atom. The first-order valence-electron chi connectivity index (χ1n) is 4.89. The van der Waals surface area contributed by atoms with Gasteiger partial charge >= 0.3 is 0 Å². The van der Waals surface area contributed by atoms with Crippen molar-refractivity contribution in [3.8, 4) is 11.8 Å². The first-order valence-corrected chi connectivity index (χ1v) is 4.89. The van der Waals surface area contributed by atoms with E-state index in [0.29, 0.717) is 5.69 Å². The number of phenolic OH excluding ortho intramolecular Hbond substituents is 1. The average molecular weight is 204 g/mol. The van der Waals surface area contributed by atoms with Gasteiger partial charge in [0, 0.05) is 0 Å². The number of nitrogens with zero attached hydrogens (tertiary/aromatic N) is 1. The lowest BCUT2D eigenvalue weighted by Gasteiger charge is -2.26. The number of hydrogen-bond donors (Lipinski definition) is 2. The Morgan fingerprint density at radius 1 is 1.33 bits per heavy atom. The summed E-state index contributed by atoms with van der Waals surface area (Å²) in [5.74, 6) is 0.169. The summed E-state index contributed by atoms with van der Waals surface area (Å²) in [6, 6.07) is 8.79. The monoisotopic (exact) mass is 204 g/mol. The van der Waals surface area contributed by atoms with Gasteiger partial charge in [-0.2, -0.15) is 5.26 Å². The zero-order chi connectivity index (χ0) is 11.5. The molecule has 0 bridgehead atoms. The van der Waals surface area contributed by atoms with Crippen molar-refractivity contribution < 1.29 is 5.11 Å². The van der Waals surface area contributed by atoms with Gasteiger partial charge in [0.2, 0.25) is 0 Å². The quantitative estimate of drug-likeness (QED) is 0.728. The number of aromatic hydroxyl groups is 1. The van der Waals surface area contributed by atoms with Crippen LogP contribution in [0, 0.1) is 16.7 Å². The van der Waals surface area contributed by atoms with Gasteiger partial charge in [-0.3, -0.25) is 0 Å². The van der Waals surface area contributed by atoms with Crippen molar-refractivity contribution in [2.24, 2.45) is 5.41 Å². The molecule has 0 fully saturated rings. The lowest BCUT2D eigenvalue weighted by Crippen LogP contribution is -2.32. The molecule has 80 valence electrons. The number of nitriles is 1. The molecule has 3 heteroatoms. The van der Waals surface area contributed by atoms with Crippen LogP contribution in [0.15, 0.2) is 24.3 Å². The molecule has 0 aliphatic heterocycles. The zero-order valence-corrected chi connectivity index (χ0v) is 9.28. The molecule has 1 atom stereocenters. The molecule has 0 amide bonds. The highest BCUT2D eigenvalue weighted by Gasteiger charge is 2.24. The summed E-state index contributed by atoms with van der Waals surface area (Å²) >= 11 is 0. The van der Waals surface area contributed by atoms with E-state index in [0.717, 1.165) is 0 Å². The third-order valence-corrected chi connectivity index (χ3v) is 2.20. The topological polar surface area (TPSA) is 56.0 Å². The second-order valence-electron chi connectivity index (χ2n) is 4.59. The Kier molecular flexibility index (Phi) is 3.21. The van der Waals surface area contributed by atoms with Crippen molar-refractivity contribution in [1.82, 2.24) is 0 Å². The van der Waals surface area contributed by atoms with Crippen LogP contribution in [0.5, 0.6) is 5.75 Å². The zero-order valence-electron chi connectivity index (χ0n) is 9.28. The van der Waals surface area contributed by atoms with Crippen molar-refractivity contribution in [3.05, 3.63) is 24.3 Å². The molecule has 1 unspecified atom stereocenters. The second kappa shape index (κ2) is 4.22. The highest BCUT2D eigenvalue weighted by molar-refractivity contribution is 5.56. The van der Waals surface area contributed by atoms with Crippen LogP contribution < -0.4 is 5.32 Å². The van der Waals surface area contributed by atoms with Crippen molar-refractivity contribution in [1.29, 1.82) is 5.26 Å². The molecular formula is C12H16N2O. The number of benzene rings is 1. The summed E-state index contributed by atoms with van der Waals surface area (Å²) in [5, 5.41) is 21.6. The van der Waals surface area contributed by atoms with Gasteiger partial charge < -0.3 is 10.4 Å². The lowest BCUT2D eigenvalue weighted by atomic mass is 9.87. The van der Waals surface area contributed by atoms with Crippen molar-refractivity contribution in [3.63, 3.8) is 0 Å². The van der Waals surface area contributed by atoms with Crippen LogP contribution in [0.4, 0.5) is 5.69 Å². The number of nitrogens with one attached hydrogen (secondary N) is 1. The van der Waals surface area contributed by atoms with Crippen LogP contribution in [-0.2, 0) is 0 Å². The number of para-hydroxylation sites is 2. The molecule has 3 nitrogen and oxygen atoms in total. The van der Waals surface area contributed by atoms with Gasteiger partial charge in [0.1, 0.15) is 11.8 Å². The van der Waals surface area contributed by atoms with E-state index in [2.05, 4.69) is 11.4 Å². The van der Waals surface area contributed by atoms with Crippen LogP contribution in [-0.4, -0.2) is 11.1 Å². The molecule has 0 aliphatic carbocycles. The smallest absolute Gasteiger partial charge is 0.138 e. The fourth-order valence-electron chi connectivity index (χ4n) is 1.19. The molecule has 0 aromatic heterocycles. The summed E-state index contributed by atoms with van der Waals surface area (Å²) in [4.78, 5) is 0. The Labute approximate surface area is 90.4 Å². The van der Waals surface area contributed by atoms with E-state index in [1.807, 2.05) is 26.8 Å². The first kappa shape index (κ1) is 11.4. The summed E-state index contributed by atoms with van der Waals surface area (Å²) in [5.41, 5.74) is 0.427. The normalized spacial score (nSPS) is 12.9. The molecule has 0 radical (unpaired) electrons. The molecule has 1 aromatic rings. The minimum atomic E-state index is -0.328. The van der Waals surface area contributed by atoms with Gasteiger partial charge in [-0.25, -0.2) is 0 Å². The van der Waals surface area contributed by atoms with Crippen molar-refractivity contribution >= 4 is 5.69 Å². The number of rotatable bonds is 2. The molecule has 15 heavy (non-hydrogen) atoms. The highest BCUT2D eigenvalue weighted by Crippen LogP contribution is 2.27. The molecular weight excluding hydrogens is 188 g/mol. The Balaban J connectivity index is 2.87. The molecule has 0 aliphatic rings. The van der Waals surface area contributed by atoms with E-state index < -0.39 is 0 Å². The van der Waals surface area contributed by atoms with E-state index in [4.69, 9.17) is 5.26 Å². The fourth-order valence-corrected chi connectivity index (χ4v) is 1.19. The Bertz CT molecular complexity index is 374. The van der Waals surface area contributed by atoms with Crippen molar-refractivity contribution in [2.75, 3.05) is 5.32 Å². The maximum atomic E-state index is 9.55. The summed E-state index contributed by atoms with van der Waals surface area (Å²) in [6.45, 7) is 5.94. The minimum absolute atomic E-state index is 0.169. The Hall–Kier alpha value is -1.69. The van der Waals surface area contributed by atoms with E-state index in [9.17, 15) is 5.11 Å². The van der Waals surface area contributed by atoms with Crippen LogP contribution in [0.25, 0.3) is 0 Å². The Morgan fingerprint density at radius 2 is 1.93 bits per heavy atom. The summed E-state index contributed by atoms with van der Waals surface area (Å²) < 4.78 is 0. The predicted octanol–water partition coefficient (Wildman–Crippen LogP) is 2.74. The van der Waals surface area contributed by atoms with E-state index in [-0.39, 0.29) is 17.2 Å². The van der Waals surface area contributed by atoms with Crippen LogP contribution in [0.2, 0.25) is 0 Å². The van der Waals surface area contributed by atoms with E-state index >= 15 is 0 Å². The molecule has 0 heterocycles. The predicted molar refractivity (Wildman–Crippen MR) is 60.6 cm³/mol. The highest BCUT2D eigenvalue weighted by atomic mass is 16.3. The lowest BCUT2D eigenvalue weighted by molar-refractivity contribution is 0.388. The van der Waals surface area contributed by atoms with Gasteiger partial charge in [-0.05, 0) is 17.5 Å². The van der Waals surface area contributed by atoms with Gasteiger partial charge in [-0.1, -0.05) is 32.9 Å². The number of hydrogen-bond acceptors (Lipinski definition) is 3. The molecule has 2 N–H and O–H groups in total. The van der Waals surface area contributed by atoms with Crippen LogP contribution in [0.1, 0.15) is 20.8 Å². The SMILES string of the molecule is CC(C)(C)C(C#N)Nc1ccccc1O. The van der Waals surface area contributed by atoms with Gasteiger partial charge in [-0.15, -0.1) is 0 Å². The van der Waals surface area contributed by atoms with Crippen LogP contribution >= 0.6 is 0 Å². The average Bonchev–Trinajstić information content (AvgIpc) is 2.14. The molecule has 1 rings (SSSR count). The summed E-state index contributed by atoms with van der Waals surface area (Å²) in [7, 11) is 0. The standard InChI is InChI=1S/C12H16N2O/c1-12(2,3)11(8-13)14-9-6-4-5-7-10(9)15/h4-7,11,14-15H,1-3H3. The molecule has 1 aromatic carbocycles. The maximum Gasteiger partial charge on any atom is 0.138 e. The molecule has 0 saturated heterocycles. The van der Waals surface area contributed by atoms with E-state index in [1.54, 1.807) is 18.2 Å². The van der Waals surface area contributed by atoms with E-state index in [1.165, 1.54) is 0 Å². The maximum absolute atomic E-state index is 9.55. The third-order valence-electron chi connectivity index (χ3n) is 2.20. The van der Waals surface area contributed by atoms with Gasteiger partial charge in [0.05, 0.1) is 11.8 Å². The minimum Gasteiger partial charge on any atom is -0.506 e.